The number of rotatable bonds is 18. The minimum Gasteiger partial charge on any atom is -0.381 e. The molecule has 0 aliphatic carbocycles. The van der Waals surface area contributed by atoms with Gasteiger partial charge in [0.05, 0.1) is 0 Å². The molecule has 0 fully saturated rings. The second kappa shape index (κ2) is 16.4. The summed E-state index contributed by atoms with van der Waals surface area (Å²) in [5.74, 6) is 0.722. The minimum absolute atomic E-state index is 0.722. The number of hydrogen-bond acceptors (Lipinski definition) is 1. The number of fused-ring (bicyclic) bond motifs is 1. The van der Waals surface area contributed by atoms with Crippen LogP contribution >= 0.6 is 0 Å². The summed E-state index contributed by atoms with van der Waals surface area (Å²) in [7, 11) is 0. The molecule has 0 heterocycles. The van der Waals surface area contributed by atoms with Gasteiger partial charge < -0.3 is 4.74 Å². The third kappa shape index (κ3) is 9.65. The van der Waals surface area contributed by atoms with Gasteiger partial charge in [-0.2, -0.15) is 0 Å². The van der Waals surface area contributed by atoms with Gasteiger partial charge in [0.25, 0.3) is 0 Å². The van der Waals surface area contributed by atoms with E-state index in [2.05, 4.69) is 56.3 Å². The van der Waals surface area contributed by atoms with Gasteiger partial charge in [-0.1, -0.05) is 121 Å². The highest BCUT2D eigenvalue weighted by molar-refractivity contribution is 5.86. The fraction of sp³-hybridized carbons (Fsp3) is 0.655. The first-order valence-corrected chi connectivity index (χ1v) is 12.9. The Balaban J connectivity index is 1.79. The first-order valence-electron chi connectivity index (χ1n) is 12.9. The second-order valence-electron chi connectivity index (χ2n) is 8.99. The Bertz CT molecular complexity index is 657. The molecule has 0 saturated carbocycles. The van der Waals surface area contributed by atoms with Crippen LogP contribution in [0.2, 0.25) is 0 Å². The molecule has 0 aliphatic rings. The monoisotopic (exact) mass is 410 g/mol. The lowest BCUT2D eigenvalue weighted by Gasteiger charge is -2.20. The SMILES string of the molecule is CCCCCCC[C@H](CCCCCCCCOCCC)c1cccc2ccccc12. The molecule has 2 aromatic rings. The maximum absolute atomic E-state index is 5.59. The number of hydrogen-bond donors (Lipinski definition) is 0. The Kier molecular flexibility index (Phi) is 13.6. The molecule has 0 aromatic heterocycles. The summed E-state index contributed by atoms with van der Waals surface area (Å²) < 4.78 is 5.59. The topological polar surface area (TPSA) is 9.23 Å². The number of benzene rings is 2. The number of ether oxygens (including phenoxy) is 1. The van der Waals surface area contributed by atoms with E-state index >= 15 is 0 Å². The first kappa shape index (κ1) is 24.9. The normalized spacial score (nSPS) is 12.5. The lowest BCUT2D eigenvalue weighted by atomic mass is 9.85. The lowest BCUT2D eigenvalue weighted by Crippen LogP contribution is -2.01. The Morgan fingerprint density at radius 1 is 0.600 bits per heavy atom. The van der Waals surface area contributed by atoms with Gasteiger partial charge in [0, 0.05) is 13.2 Å². The Hall–Kier alpha value is -1.34. The molecule has 1 atom stereocenters. The zero-order valence-corrected chi connectivity index (χ0v) is 19.8. The van der Waals surface area contributed by atoms with Gasteiger partial charge in [-0.05, 0) is 47.9 Å². The third-order valence-corrected chi connectivity index (χ3v) is 6.36. The van der Waals surface area contributed by atoms with Gasteiger partial charge in [-0.3, -0.25) is 0 Å². The summed E-state index contributed by atoms with van der Waals surface area (Å²) in [4.78, 5) is 0. The summed E-state index contributed by atoms with van der Waals surface area (Å²) in [6.07, 6.45) is 18.8. The quantitative estimate of drug-likeness (QED) is 0.222. The molecule has 30 heavy (non-hydrogen) atoms. The van der Waals surface area contributed by atoms with Crippen LogP contribution in [0.25, 0.3) is 10.8 Å². The van der Waals surface area contributed by atoms with Crippen LogP contribution in [0.5, 0.6) is 0 Å². The summed E-state index contributed by atoms with van der Waals surface area (Å²) in [5, 5.41) is 2.88. The van der Waals surface area contributed by atoms with E-state index in [1.54, 1.807) is 5.56 Å². The van der Waals surface area contributed by atoms with E-state index in [1.165, 1.54) is 94.2 Å². The van der Waals surface area contributed by atoms with Gasteiger partial charge >= 0.3 is 0 Å². The second-order valence-corrected chi connectivity index (χ2v) is 8.99. The molecular formula is C29H46O. The Morgan fingerprint density at radius 3 is 1.97 bits per heavy atom. The molecule has 0 saturated heterocycles. The highest BCUT2D eigenvalue weighted by Gasteiger charge is 2.14. The van der Waals surface area contributed by atoms with Crippen molar-refractivity contribution in [3.63, 3.8) is 0 Å². The van der Waals surface area contributed by atoms with Crippen molar-refractivity contribution >= 4 is 10.8 Å². The molecule has 1 nitrogen and oxygen atoms in total. The van der Waals surface area contributed by atoms with E-state index in [9.17, 15) is 0 Å². The van der Waals surface area contributed by atoms with Crippen molar-refractivity contribution in [2.24, 2.45) is 0 Å². The molecule has 0 unspecified atom stereocenters. The van der Waals surface area contributed by atoms with E-state index in [0.29, 0.717) is 0 Å². The van der Waals surface area contributed by atoms with Crippen LogP contribution in [-0.4, -0.2) is 13.2 Å². The van der Waals surface area contributed by atoms with Crippen molar-refractivity contribution in [3.05, 3.63) is 48.0 Å². The minimum atomic E-state index is 0.722. The summed E-state index contributed by atoms with van der Waals surface area (Å²) >= 11 is 0. The van der Waals surface area contributed by atoms with Crippen LogP contribution in [0.3, 0.4) is 0 Å². The van der Waals surface area contributed by atoms with Crippen molar-refractivity contribution in [3.8, 4) is 0 Å². The van der Waals surface area contributed by atoms with Crippen molar-refractivity contribution in [2.75, 3.05) is 13.2 Å². The highest BCUT2D eigenvalue weighted by atomic mass is 16.5. The first-order chi connectivity index (χ1) is 14.9. The van der Waals surface area contributed by atoms with Crippen LogP contribution in [-0.2, 0) is 4.74 Å². The van der Waals surface area contributed by atoms with Crippen molar-refractivity contribution in [1.82, 2.24) is 0 Å². The molecule has 0 bridgehead atoms. The maximum Gasteiger partial charge on any atom is 0.0466 e. The molecule has 2 rings (SSSR count). The molecule has 0 aliphatic heterocycles. The summed E-state index contributed by atoms with van der Waals surface area (Å²) in [6, 6.07) is 15.9. The smallest absolute Gasteiger partial charge is 0.0466 e. The average molecular weight is 411 g/mol. The molecule has 0 N–H and O–H groups in total. The molecule has 0 spiro atoms. The van der Waals surface area contributed by atoms with E-state index in [4.69, 9.17) is 4.74 Å². The van der Waals surface area contributed by atoms with E-state index in [1.807, 2.05) is 0 Å². The molecule has 0 radical (unpaired) electrons. The number of unbranched alkanes of at least 4 members (excludes halogenated alkanes) is 9. The summed E-state index contributed by atoms with van der Waals surface area (Å²) in [5.41, 5.74) is 1.59. The largest absolute Gasteiger partial charge is 0.381 e. The van der Waals surface area contributed by atoms with Crippen LogP contribution in [0.4, 0.5) is 0 Å². The Morgan fingerprint density at radius 2 is 1.23 bits per heavy atom. The predicted octanol–water partition coefficient (Wildman–Crippen LogP) is 9.44. The van der Waals surface area contributed by atoms with Crippen molar-refractivity contribution < 1.29 is 4.74 Å². The van der Waals surface area contributed by atoms with Gasteiger partial charge in [-0.15, -0.1) is 0 Å². The van der Waals surface area contributed by atoms with E-state index in [0.717, 1.165) is 25.6 Å². The highest BCUT2D eigenvalue weighted by Crippen LogP contribution is 2.33. The fourth-order valence-corrected chi connectivity index (χ4v) is 4.60. The van der Waals surface area contributed by atoms with Crippen LogP contribution in [0, 0.1) is 0 Å². The summed E-state index contributed by atoms with van der Waals surface area (Å²) in [6.45, 7) is 6.36. The standard InChI is InChI=1S/C29H46O/c1-3-5-6-9-12-18-26(19-13-10-7-8-11-16-25-30-24-4-2)29-23-17-21-27-20-14-15-22-28(27)29/h14-15,17,20-23,26H,3-13,16,18-19,24-25H2,1-2H3/t26-/m1/s1. The van der Waals surface area contributed by atoms with Crippen LogP contribution in [0.1, 0.15) is 115 Å². The van der Waals surface area contributed by atoms with Gasteiger partial charge in [0.15, 0.2) is 0 Å². The molecule has 168 valence electrons. The van der Waals surface area contributed by atoms with Crippen molar-refractivity contribution in [2.45, 2.75) is 110 Å². The molecule has 1 heteroatoms. The van der Waals surface area contributed by atoms with E-state index < -0.39 is 0 Å². The molecular weight excluding hydrogens is 364 g/mol. The maximum atomic E-state index is 5.59. The zero-order valence-electron chi connectivity index (χ0n) is 19.8. The molecule has 0 amide bonds. The van der Waals surface area contributed by atoms with Gasteiger partial charge in [0.1, 0.15) is 0 Å². The van der Waals surface area contributed by atoms with E-state index in [-0.39, 0.29) is 0 Å². The fourth-order valence-electron chi connectivity index (χ4n) is 4.60. The van der Waals surface area contributed by atoms with Gasteiger partial charge in [0.2, 0.25) is 0 Å². The predicted molar refractivity (Wildman–Crippen MR) is 133 cm³/mol. The molecule has 2 aromatic carbocycles. The van der Waals surface area contributed by atoms with Gasteiger partial charge in [-0.25, -0.2) is 0 Å². The van der Waals surface area contributed by atoms with Crippen LogP contribution in [0.15, 0.2) is 42.5 Å². The average Bonchev–Trinajstić information content (AvgIpc) is 2.78. The Labute approximate surface area is 186 Å². The third-order valence-electron chi connectivity index (χ3n) is 6.36. The van der Waals surface area contributed by atoms with Crippen molar-refractivity contribution in [1.29, 1.82) is 0 Å². The zero-order chi connectivity index (χ0) is 21.3. The van der Waals surface area contributed by atoms with Crippen LogP contribution < -0.4 is 0 Å². The lowest BCUT2D eigenvalue weighted by molar-refractivity contribution is 0.130.